The van der Waals surface area contributed by atoms with Gasteiger partial charge in [-0.15, -0.1) is 0 Å². The molecule has 1 atom stereocenters. The van der Waals surface area contributed by atoms with Crippen molar-refractivity contribution < 1.29 is 4.79 Å². The predicted octanol–water partition coefficient (Wildman–Crippen LogP) is 1.09. The molecule has 2 rings (SSSR count). The number of fused-ring (bicyclic) bond motifs is 1. The monoisotopic (exact) mass is 207 g/mol. The van der Waals surface area contributed by atoms with Crippen LogP contribution in [0.2, 0.25) is 0 Å². The van der Waals surface area contributed by atoms with Crippen LogP contribution in [-0.4, -0.2) is 34.5 Å². The third-order valence-corrected chi connectivity index (χ3v) is 3.18. The topological polar surface area (TPSA) is 49.0 Å². The number of carbonyl (C=O) groups excluding carboxylic acids is 1. The summed E-state index contributed by atoms with van der Waals surface area (Å²) in [5.41, 5.74) is 3.37. The largest absolute Gasteiger partial charge is 0.302 e. The number of ketones is 1. The number of carbonyl (C=O) groups is 1. The SMILES string of the molecule is CC(=O)C(C)c1n[nH]c2c1CN(C)CC2. The Morgan fingerprint density at radius 1 is 1.60 bits per heavy atom. The minimum absolute atomic E-state index is 0.0866. The lowest BCUT2D eigenvalue weighted by Gasteiger charge is -2.23. The van der Waals surface area contributed by atoms with Crippen LogP contribution in [0.3, 0.4) is 0 Å². The first kappa shape index (κ1) is 10.4. The second kappa shape index (κ2) is 3.77. The molecule has 1 unspecified atom stereocenters. The molecule has 0 amide bonds. The minimum atomic E-state index is -0.0866. The van der Waals surface area contributed by atoms with Gasteiger partial charge < -0.3 is 4.90 Å². The molecule has 0 spiro atoms. The van der Waals surface area contributed by atoms with Gasteiger partial charge in [-0.2, -0.15) is 5.10 Å². The zero-order valence-electron chi connectivity index (χ0n) is 9.50. The fourth-order valence-electron chi connectivity index (χ4n) is 2.00. The van der Waals surface area contributed by atoms with Crippen molar-refractivity contribution in [2.75, 3.05) is 13.6 Å². The van der Waals surface area contributed by atoms with E-state index < -0.39 is 0 Å². The van der Waals surface area contributed by atoms with Crippen LogP contribution in [0.1, 0.15) is 36.7 Å². The number of nitrogens with one attached hydrogen (secondary N) is 1. The highest BCUT2D eigenvalue weighted by Crippen LogP contribution is 2.25. The van der Waals surface area contributed by atoms with Gasteiger partial charge in [-0.1, -0.05) is 0 Å². The van der Waals surface area contributed by atoms with Gasteiger partial charge in [-0.05, 0) is 20.9 Å². The summed E-state index contributed by atoms with van der Waals surface area (Å²) in [7, 11) is 2.10. The van der Waals surface area contributed by atoms with Crippen molar-refractivity contribution in [2.45, 2.75) is 32.7 Å². The molecule has 0 aromatic carbocycles. The predicted molar refractivity (Wildman–Crippen MR) is 57.7 cm³/mol. The number of Topliss-reactive ketones (excluding diaryl/α,β-unsaturated/α-hetero) is 1. The Bertz CT molecular complexity index is 383. The van der Waals surface area contributed by atoms with Gasteiger partial charge in [-0.25, -0.2) is 0 Å². The van der Waals surface area contributed by atoms with Gasteiger partial charge in [-0.3, -0.25) is 9.89 Å². The maximum absolute atomic E-state index is 11.3. The summed E-state index contributed by atoms with van der Waals surface area (Å²) in [6, 6.07) is 0. The van der Waals surface area contributed by atoms with E-state index in [9.17, 15) is 4.79 Å². The molecule has 0 saturated carbocycles. The first-order valence-corrected chi connectivity index (χ1v) is 5.34. The van der Waals surface area contributed by atoms with Crippen LogP contribution in [0.25, 0.3) is 0 Å². The summed E-state index contributed by atoms with van der Waals surface area (Å²) >= 11 is 0. The van der Waals surface area contributed by atoms with Crippen molar-refractivity contribution in [3.05, 3.63) is 17.0 Å². The van der Waals surface area contributed by atoms with Crippen LogP contribution in [0.5, 0.6) is 0 Å². The zero-order valence-corrected chi connectivity index (χ0v) is 9.50. The summed E-state index contributed by atoms with van der Waals surface area (Å²) in [4.78, 5) is 13.6. The number of likely N-dealkylation sites (N-methyl/N-ethyl adjacent to an activating group) is 1. The van der Waals surface area contributed by atoms with Gasteiger partial charge in [0, 0.05) is 30.8 Å². The zero-order chi connectivity index (χ0) is 11.0. The van der Waals surface area contributed by atoms with Crippen molar-refractivity contribution in [1.82, 2.24) is 15.1 Å². The third-order valence-electron chi connectivity index (χ3n) is 3.18. The van der Waals surface area contributed by atoms with Crippen LogP contribution >= 0.6 is 0 Å². The summed E-state index contributed by atoms with van der Waals surface area (Å²) in [5, 5.41) is 7.33. The molecule has 0 radical (unpaired) electrons. The molecule has 0 saturated heterocycles. The molecule has 2 heterocycles. The molecular weight excluding hydrogens is 190 g/mol. The highest BCUT2D eigenvalue weighted by Gasteiger charge is 2.24. The normalized spacial score (nSPS) is 18.6. The highest BCUT2D eigenvalue weighted by molar-refractivity contribution is 5.82. The number of aromatic amines is 1. The van der Waals surface area contributed by atoms with Crippen LogP contribution in [-0.2, 0) is 17.8 Å². The number of hydrogen-bond acceptors (Lipinski definition) is 3. The van der Waals surface area contributed by atoms with Crippen molar-refractivity contribution in [3.63, 3.8) is 0 Å². The molecule has 15 heavy (non-hydrogen) atoms. The lowest BCUT2D eigenvalue weighted by molar-refractivity contribution is -0.118. The molecule has 82 valence electrons. The standard InChI is InChI=1S/C11H17N3O/c1-7(8(2)15)11-9-6-14(3)5-4-10(9)12-13-11/h7H,4-6H2,1-3H3,(H,12,13). The van der Waals surface area contributed by atoms with E-state index in [0.29, 0.717) is 0 Å². The van der Waals surface area contributed by atoms with Crippen molar-refractivity contribution in [2.24, 2.45) is 0 Å². The summed E-state index contributed by atoms with van der Waals surface area (Å²) in [6.45, 7) is 5.51. The minimum Gasteiger partial charge on any atom is -0.302 e. The van der Waals surface area contributed by atoms with Crippen LogP contribution < -0.4 is 0 Å². The van der Waals surface area contributed by atoms with Crippen molar-refractivity contribution in [1.29, 1.82) is 0 Å². The van der Waals surface area contributed by atoms with E-state index in [0.717, 1.165) is 25.2 Å². The maximum Gasteiger partial charge on any atom is 0.138 e. The average molecular weight is 207 g/mol. The number of H-pyrrole nitrogens is 1. The van der Waals surface area contributed by atoms with E-state index in [-0.39, 0.29) is 11.7 Å². The Morgan fingerprint density at radius 3 is 3.00 bits per heavy atom. The summed E-state index contributed by atoms with van der Waals surface area (Å²) in [5.74, 6) is 0.0917. The van der Waals surface area contributed by atoms with Gasteiger partial charge >= 0.3 is 0 Å². The Morgan fingerprint density at radius 2 is 2.33 bits per heavy atom. The second-order valence-corrected chi connectivity index (χ2v) is 4.39. The Kier molecular flexibility index (Phi) is 2.61. The fraction of sp³-hybridized carbons (Fsp3) is 0.636. The molecular formula is C11H17N3O. The second-order valence-electron chi connectivity index (χ2n) is 4.39. The van der Waals surface area contributed by atoms with Crippen LogP contribution in [0, 0.1) is 0 Å². The number of aromatic nitrogens is 2. The lowest BCUT2D eigenvalue weighted by Crippen LogP contribution is -2.27. The average Bonchev–Trinajstić information content (AvgIpc) is 2.59. The fourth-order valence-corrected chi connectivity index (χ4v) is 2.00. The molecule has 0 fully saturated rings. The third kappa shape index (κ3) is 1.81. The highest BCUT2D eigenvalue weighted by atomic mass is 16.1. The molecule has 1 aliphatic heterocycles. The van der Waals surface area contributed by atoms with Gasteiger partial charge in [0.25, 0.3) is 0 Å². The molecule has 1 aromatic heterocycles. The number of rotatable bonds is 2. The van der Waals surface area contributed by atoms with E-state index in [1.165, 1.54) is 11.3 Å². The van der Waals surface area contributed by atoms with Crippen molar-refractivity contribution in [3.8, 4) is 0 Å². The van der Waals surface area contributed by atoms with Gasteiger partial charge in [0.2, 0.25) is 0 Å². The van der Waals surface area contributed by atoms with E-state index in [4.69, 9.17) is 0 Å². The quantitative estimate of drug-likeness (QED) is 0.789. The van der Waals surface area contributed by atoms with E-state index in [1.54, 1.807) is 6.92 Å². The van der Waals surface area contributed by atoms with Crippen LogP contribution in [0.4, 0.5) is 0 Å². The maximum atomic E-state index is 11.3. The molecule has 1 aliphatic rings. The van der Waals surface area contributed by atoms with Gasteiger partial charge in [0.1, 0.15) is 5.78 Å². The lowest BCUT2D eigenvalue weighted by atomic mass is 9.96. The molecule has 0 aliphatic carbocycles. The molecule has 4 heteroatoms. The molecule has 1 aromatic rings. The molecule has 1 N–H and O–H groups in total. The smallest absolute Gasteiger partial charge is 0.138 e. The Labute approximate surface area is 89.7 Å². The first-order chi connectivity index (χ1) is 7.09. The van der Waals surface area contributed by atoms with Gasteiger partial charge in [0.15, 0.2) is 0 Å². The van der Waals surface area contributed by atoms with E-state index in [1.807, 2.05) is 6.92 Å². The van der Waals surface area contributed by atoms with E-state index in [2.05, 4.69) is 22.1 Å². The number of hydrogen-bond donors (Lipinski definition) is 1. The molecule has 0 bridgehead atoms. The summed E-state index contributed by atoms with van der Waals surface area (Å²) in [6.07, 6.45) is 1.00. The van der Waals surface area contributed by atoms with Crippen molar-refractivity contribution >= 4 is 5.78 Å². The van der Waals surface area contributed by atoms with Gasteiger partial charge in [0.05, 0.1) is 11.6 Å². The Hall–Kier alpha value is -1.16. The Balaban J connectivity index is 2.34. The van der Waals surface area contributed by atoms with E-state index >= 15 is 0 Å². The molecule has 4 nitrogen and oxygen atoms in total. The first-order valence-electron chi connectivity index (χ1n) is 5.34. The summed E-state index contributed by atoms with van der Waals surface area (Å²) < 4.78 is 0. The number of nitrogens with zero attached hydrogens (tertiary/aromatic N) is 2. The van der Waals surface area contributed by atoms with Crippen LogP contribution in [0.15, 0.2) is 0 Å².